The van der Waals surface area contributed by atoms with Gasteiger partial charge in [0.1, 0.15) is 17.6 Å². The lowest BCUT2D eigenvalue weighted by Gasteiger charge is -2.34. The summed E-state index contributed by atoms with van der Waals surface area (Å²) >= 11 is 0. The molecule has 1 aromatic carbocycles. The molecule has 3 atom stereocenters. The first-order valence-electron chi connectivity index (χ1n) is 8.98. The minimum atomic E-state index is -0.755. The van der Waals surface area contributed by atoms with Crippen molar-refractivity contribution in [1.29, 1.82) is 0 Å². The van der Waals surface area contributed by atoms with Gasteiger partial charge in [-0.3, -0.25) is 0 Å². The first-order chi connectivity index (χ1) is 11.8. The van der Waals surface area contributed by atoms with Crippen LogP contribution in [-0.2, 0) is 6.42 Å². The third-order valence-corrected chi connectivity index (χ3v) is 4.79. The molecule has 0 aliphatic carbocycles. The zero-order valence-corrected chi connectivity index (χ0v) is 15.5. The van der Waals surface area contributed by atoms with Crippen molar-refractivity contribution in [3.8, 4) is 11.5 Å². The van der Waals surface area contributed by atoms with E-state index in [1.165, 1.54) is 6.07 Å². The van der Waals surface area contributed by atoms with E-state index in [1.54, 1.807) is 0 Å². The molecule has 1 aliphatic rings. The van der Waals surface area contributed by atoms with Crippen LogP contribution in [0, 0.1) is 5.92 Å². The average molecular weight is 346 g/mol. The van der Waals surface area contributed by atoms with E-state index in [1.807, 2.05) is 33.8 Å². The molecule has 0 radical (unpaired) electrons. The van der Waals surface area contributed by atoms with Crippen molar-refractivity contribution in [2.24, 2.45) is 5.92 Å². The van der Waals surface area contributed by atoms with E-state index in [0.29, 0.717) is 22.6 Å². The van der Waals surface area contributed by atoms with Gasteiger partial charge in [0, 0.05) is 18.1 Å². The van der Waals surface area contributed by atoms with Gasteiger partial charge in [-0.25, -0.2) is 4.79 Å². The highest BCUT2D eigenvalue weighted by Gasteiger charge is 2.36. The molecule has 2 aromatic rings. The number of hydrogen-bond donors (Lipinski definition) is 1. The van der Waals surface area contributed by atoms with Crippen LogP contribution in [0.25, 0.3) is 11.0 Å². The van der Waals surface area contributed by atoms with Crippen molar-refractivity contribution < 1.29 is 19.0 Å². The van der Waals surface area contributed by atoms with Crippen molar-refractivity contribution in [3.63, 3.8) is 0 Å². The van der Waals surface area contributed by atoms with Crippen LogP contribution in [0.4, 0.5) is 0 Å². The highest BCUT2D eigenvalue weighted by Crippen LogP contribution is 2.46. The SMILES string of the molecule is CCCc1cc(=O)oc2c3c(cc(OC(C)C)c12)O[C@@H](C)[C@H](C)[C@H]3O. The Morgan fingerprint density at radius 1 is 1.28 bits per heavy atom. The van der Waals surface area contributed by atoms with Crippen LogP contribution in [0.15, 0.2) is 21.3 Å². The third-order valence-electron chi connectivity index (χ3n) is 4.79. The fourth-order valence-corrected chi connectivity index (χ4v) is 3.40. The summed E-state index contributed by atoms with van der Waals surface area (Å²) in [6, 6.07) is 3.34. The number of aliphatic hydroxyl groups is 1. The smallest absolute Gasteiger partial charge is 0.336 e. The van der Waals surface area contributed by atoms with Gasteiger partial charge in [0.25, 0.3) is 0 Å². The Morgan fingerprint density at radius 2 is 2.00 bits per heavy atom. The zero-order valence-electron chi connectivity index (χ0n) is 15.5. The number of ether oxygens (including phenoxy) is 2. The number of benzene rings is 1. The minimum absolute atomic E-state index is 0.0347. The maximum Gasteiger partial charge on any atom is 0.336 e. The highest BCUT2D eigenvalue weighted by molar-refractivity contribution is 5.91. The van der Waals surface area contributed by atoms with Crippen molar-refractivity contribution >= 4 is 11.0 Å². The molecule has 0 saturated heterocycles. The van der Waals surface area contributed by atoms with Gasteiger partial charge in [0.2, 0.25) is 0 Å². The molecule has 3 rings (SSSR count). The van der Waals surface area contributed by atoms with E-state index in [2.05, 4.69) is 6.92 Å². The van der Waals surface area contributed by atoms with Crippen LogP contribution >= 0.6 is 0 Å². The Balaban J connectivity index is 2.38. The van der Waals surface area contributed by atoms with E-state index >= 15 is 0 Å². The van der Waals surface area contributed by atoms with E-state index < -0.39 is 11.7 Å². The Bertz CT molecular complexity index is 836. The summed E-state index contributed by atoms with van der Waals surface area (Å²) in [7, 11) is 0. The first kappa shape index (κ1) is 17.8. The first-order valence-corrected chi connectivity index (χ1v) is 8.98. The van der Waals surface area contributed by atoms with Gasteiger partial charge in [-0.05, 0) is 32.8 Å². The zero-order chi connectivity index (χ0) is 18.3. The minimum Gasteiger partial charge on any atom is -0.490 e. The molecule has 25 heavy (non-hydrogen) atoms. The van der Waals surface area contributed by atoms with Crippen LogP contribution in [0.1, 0.15) is 58.3 Å². The third kappa shape index (κ3) is 3.13. The lowest BCUT2D eigenvalue weighted by molar-refractivity contribution is 0.0177. The predicted molar refractivity (Wildman–Crippen MR) is 96.5 cm³/mol. The maximum atomic E-state index is 12.1. The van der Waals surface area contributed by atoms with Crippen LogP contribution in [0.5, 0.6) is 11.5 Å². The molecule has 136 valence electrons. The standard InChI is InChI=1S/C20H26O5/c1-6-7-13-8-16(21)25-20-17(13)14(23-10(2)3)9-15-18(20)19(22)11(4)12(5)24-15/h8-12,19,22H,6-7H2,1-5H3/t11-,12-,19+/m0/s1. The molecule has 0 fully saturated rings. The molecule has 5 nitrogen and oxygen atoms in total. The Morgan fingerprint density at radius 3 is 2.64 bits per heavy atom. The number of fused-ring (bicyclic) bond motifs is 3. The van der Waals surface area contributed by atoms with Crippen molar-refractivity contribution in [3.05, 3.63) is 33.7 Å². The van der Waals surface area contributed by atoms with Crippen LogP contribution in [0.3, 0.4) is 0 Å². The van der Waals surface area contributed by atoms with Gasteiger partial charge in [-0.2, -0.15) is 0 Å². The normalized spacial score (nSPS) is 22.8. The van der Waals surface area contributed by atoms with Crippen molar-refractivity contribution in [2.45, 2.75) is 65.8 Å². The molecule has 5 heteroatoms. The van der Waals surface area contributed by atoms with E-state index in [0.717, 1.165) is 23.8 Å². The summed E-state index contributed by atoms with van der Waals surface area (Å²) in [6.45, 7) is 9.81. The maximum absolute atomic E-state index is 12.1. The second kappa shape index (κ2) is 6.71. The Kier molecular flexibility index (Phi) is 4.78. The van der Waals surface area contributed by atoms with Gasteiger partial charge in [0.05, 0.1) is 23.2 Å². The highest BCUT2D eigenvalue weighted by atomic mass is 16.5. The Labute approximate surface area is 147 Å². The molecule has 0 amide bonds. The monoisotopic (exact) mass is 346 g/mol. The molecule has 1 N–H and O–H groups in total. The predicted octanol–water partition coefficient (Wildman–Crippen LogP) is 3.98. The number of hydrogen-bond acceptors (Lipinski definition) is 5. The quantitative estimate of drug-likeness (QED) is 0.848. The summed E-state index contributed by atoms with van der Waals surface area (Å²) in [5.74, 6) is 1.05. The summed E-state index contributed by atoms with van der Waals surface area (Å²) in [6.07, 6.45) is 0.695. The van der Waals surface area contributed by atoms with Gasteiger partial charge < -0.3 is 19.0 Å². The molecule has 0 bridgehead atoms. The molecule has 2 heterocycles. The lowest BCUT2D eigenvalue weighted by Crippen LogP contribution is -2.32. The molecule has 1 aliphatic heterocycles. The van der Waals surface area contributed by atoms with Crippen molar-refractivity contribution in [2.75, 3.05) is 0 Å². The van der Waals surface area contributed by atoms with Gasteiger partial charge in [0.15, 0.2) is 5.58 Å². The van der Waals surface area contributed by atoms with E-state index in [9.17, 15) is 9.90 Å². The van der Waals surface area contributed by atoms with E-state index in [-0.39, 0.29) is 18.1 Å². The molecule has 0 unspecified atom stereocenters. The molecule has 0 saturated carbocycles. The number of aryl methyl sites for hydroxylation is 1. The second-order valence-electron chi connectivity index (χ2n) is 7.12. The van der Waals surface area contributed by atoms with Gasteiger partial charge >= 0.3 is 5.63 Å². The summed E-state index contributed by atoms with van der Waals surface area (Å²) < 4.78 is 17.5. The van der Waals surface area contributed by atoms with Gasteiger partial charge in [-0.1, -0.05) is 20.3 Å². The fraction of sp³-hybridized carbons (Fsp3) is 0.550. The summed E-state index contributed by atoms with van der Waals surface area (Å²) in [5, 5.41) is 11.6. The molecule has 1 aromatic heterocycles. The lowest BCUT2D eigenvalue weighted by atomic mass is 9.88. The fourth-order valence-electron chi connectivity index (χ4n) is 3.40. The van der Waals surface area contributed by atoms with Crippen molar-refractivity contribution in [1.82, 2.24) is 0 Å². The molecular formula is C20H26O5. The topological polar surface area (TPSA) is 68.9 Å². The van der Waals surface area contributed by atoms with Crippen LogP contribution in [0.2, 0.25) is 0 Å². The van der Waals surface area contributed by atoms with Crippen LogP contribution < -0.4 is 15.1 Å². The van der Waals surface area contributed by atoms with E-state index in [4.69, 9.17) is 13.9 Å². The number of aliphatic hydroxyl groups excluding tert-OH is 1. The Hall–Kier alpha value is -2.01. The largest absolute Gasteiger partial charge is 0.490 e. The second-order valence-corrected chi connectivity index (χ2v) is 7.12. The summed E-state index contributed by atoms with van der Waals surface area (Å²) in [5.41, 5.74) is 1.39. The molecule has 0 spiro atoms. The van der Waals surface area contributed by atoms with Gasteiger partial charge in [-0.15, -0.1) is 0 Å². The number of rotatable bonds is 4. The average Bonchev–Trinajstić information content (AvgIpc) is 2.51. The molecular weight excluding hydrogens is 320 g/mol. The van der Waals surface area contributed by atoms with Crippen LogP contribution in [-0.4, -0.2) is 17.3 Å². The summed E-state index contributed by atoms with van der Waals surface area (Å²) in [4.78, 5) is 12.1.